The fourth-order valence-electron chi connectivity index (χ4n) is 2.84. The third kappa shape index (κ3) is 12.8. The van der Waals surface area contributed by atoms with Crippen LogP contribution in [0.1, 0.15) is 60.8 Å². The van der Waals surface area contributed by atoms with Gasteiger partial charge in [-0.05, 0) is 70.9 Å². The van der Waals surface area contributed by atoms with Crippen LogP contribution in [0.2, 0.25) is 0 Å². The molecule has 0 aromatic rings. The summed E-state index contributed by atoms with van der Waals surface area (Å²) in [5.41, 5.74) is 3.26. The third-order valence-corrected chi connectivity index (χ3v) is 4.12. The van der Waals surface area contributed by atoms with E-state index in [4.69, 9.17) is 0 Å². The van der Waals surface area contributed by atoms with Crippen LogP contribution in [-0.4, -0.2) is 11.6 Å². The standard InChI is InChI=1S/C11H16.2C5H8O2.Ru/c1-8-3-5-11-7-10(8)6-4-9(11)2;2*1-4(6)3-5(2)7;/h3-4,10-11H,5-7H2,1-2H3;2*3,6H,1-2H3;/q;;;+2/p-2/b;2*4-3-;/t10-,11-;;;/m0.../s1. The van der Waals surface area contributed by atoms with Crippen molar-refractivity contribution in [3.05, 3.63) is 47.0 Å². The fourth-order valence-corrected chi connectivity index (χ4v) is 2.84. The summed E-state index contributed by atoms with van der Waals surface area (Å²) in [4.78, 5) is 20.0. The van der Waals surface area contributed by atoms with Crippen molar-refractivity contribution in [2.45, 2.75) is 60.8 Å². The Morgan fingerprint density at radius 3 is 1.35 bits per heavy atom. The van der Waals surface area contributed by atoms with Crippen LogP contribution in [-0.2, 0) is 29.1 Å². The van der Waals surface area contributed by atoms with E-state index in [1.165, 1.54) is 47.0 Å². The van der Waals surface area contributed by atoms with Gasteiger partial charge in [-0.3, -0.25) is 9.59 Å². The molecule has 2 bridgehead atoms. The van der Waals surface area contributed by atoms with Gasteiger partial charge in [0.15, 0.2) is 11.6 Å². The van der Waals surface area contributed by atoms with Gasteiger partial charge in [0.05, 0.1) is 0 Å². The number of carbonyl (C=O) groups is 2. The number of fused-ring (bicyclic) bond motifs is 2. The van der Waals surface area contributed by atoms with E-state index in [0.29, 0.717) is 0 Å². The van der Waals surface area contributed by atoms with Gasteiger partial charge in [0.2, 0.25) is 0 Å². The molecule has 0 fully saturated rings. The van der Waals surface area contributed by atoms with Crippen molar-refractivity contribution in [1.29, 1.82) is 0 Å². The molecule has 5 heteroatoms. The molecule has 0 saturated carbocycles. The van der Waals surface area contributed by atoms with E-state index in [-0.39, 0.29) is 42.6 Å². The van der Waals surface area contributed by atoms with Gasteiger partial charge in [0, 0.05) is 0 Å². The first-order valence-corrected chi connectivity index (χ1v) is 8.58. The van der Waals surface area contributed by atoms with Crippen molar-refractivity contribution in [2.75, 3.05) is 0 Å². The molecule has 0 unspecified atom stereocenters. The van der Waals surface area contributed by atoms with Crippen molar-refractivity contribution < 1.29 is 39.3 Å². The largest absolute Gasteiger partial charge is 2.00 e. The first-order valence-electron chi connectivity index (χ1n) is 8.58. The molecule has 0 saturated heterocycles. The molecule has 0 aliphatic heterocycles. The van der Waals surface area contributed by atoms with Crippen LogP contribution in [0.4, 0.5) is 0 Å². The molecule has 2 aliphatic carbocycles. The van der Waals surface area contributed by atoms with Gasteiger partial charge in [-0.25, -0.2) is 0 Å². The minimum Gasteiger partial charge on any atom is -0.876 e. The Bertz CT molecular complexity index is 537. The normalized spacial score (nSPS) is 21.5. The smallest absolute Gasteiger partial charge is 0.876 e. The van der Waals surface area contributed by atoms with E-state index in [9.17, 15) is 19.8 Å². The van der Waals surface area contributed by atoms with Crippen LogP contribution in [0.3, 0.4) is 0 Å². The van der Waals surface area contributed by atoms with Gasteiger partial charge < -0.3 is 10.2 Å². The number of carbonyl (C=O) groups excluding carboxylic acids is 2. The maximum Gasteiger partial charge on any atom is 2.00 e. The zero-order chi connectivity index (χ0) is 19.6. The summed E-state index contributed by atoms with van der Waals surface area (Å²) in [5, 5.41) is 20.0. The van der Waals surface area contributed by atoms with Crippen molar-refractivity contribution in [3.63, 3.8) is 0 Å². The molecule has 0 aromatic heterocycles. The molecule has 0 spiro atoms. The van der Waals surface area contributed by atoms with Crippen LogP contribution in [0, 0.1) is 11.8 Å². The molecular weight excluding hydrogens is 417 g/mol. The summed E-state index contributed by atoms with van der Waals surface area (Å²) in [6.07, 6.45) is 11.0. The maximum absolute atomic E-state index is 9.98. The minimum atomic E-state index is -0.187. The quantitative estimate of drug-likeness (QED) is 0.282. The molecule has 4 nitrogen and oxygen atoms in total. The van der Waals surface area contributed by atoms with Gasteiger partial charge in [-0.1, -0.05) is 37.1 Å². The number of hydrogen-bond donors (Lipinski definition) is 0. The minimum absolute atomic E-state index is 0. The van der Waals surface area contributed by atoms with Crippen LogP contribution in [0.25, 0.3) is 0 Å². The topological polar surface area (TPSA) is 80.3 Å². The van der Waals surface area contributed by atoms with Crippen LogP contribution >= 0.6 is 0 Å². The monoisotopic (exact) mass is 448 g/mol. The summed E-state index contributed by atoms with van der Waals surface area (Å²) in [6, 6.07) is 0. The fraction of sp³-hybridized carbons (Fsp3) is 0.524. The summed E-state index contributed by atoms with van der Waals surface area (Å²) < 4.78 is 0. The van der Waals surface area contributed by atoms with Crippen LogP contribution < -0.4 is 10.2 Å². The predicted octanol–water partition coefficient (Wildman–Crippen LogP) is 2.99. The van der Waals surface area contributed by atoms with E-state index in [0.717, 1.165) is 24.0 Å². The molecule has 0 heterocycles. The molecule has 146 valence electrons. The average molecular weight is 448 g/mol. The molecule has 0 aromatic carbocycles. The second-order valence-corrected chi connectivity index (χ2v) is 6.73. The van der Waals surface area contributed by atoms with Gasteiger partial charge in [0.1, 0.15) is 0 Å². The van der Waals surface area contributed by atoms with Crippen molar-refractivity contribution in [3.8, 4) is 0 Å². The van der Waals surface area contributed by atoms with Crippen LogP contribution in [0.5, 0.6) is 0 Å². The zero-order valence-corrected chi connectivity index (χ0v) is 18.3. The van der Waals surface area contributed by atoms with Gasteiger partial charge in [-0.2, -0.15) is 0 Å². The molecular formula is C21H30O4Ru. The Balaban J connectivity index is 0. The average Bonchev–Trinajstić information content (AvgIpc) is 2.44. The summed E-state index contributed by atoms with van der Waals surface area (Å²) in [6.45, 7) is 9.97. The number of hydrogen-bond acceptors (Lipinski definition) is 4. The molecule has 0 amide bonds. The number of ketones is 2. The molecule has 0 N–H and O–H groups in total. The summed E-state index contributed by atoms with van der Waals surface area (Å²) in [5.74, 6) is 1.02. The van der Waals surface area contributed by atoms with Gasteiger partial charge in [0.25, 0.3) is 0 Å². The van der Waals surface area contributed by atoms with E-state index < -0.39 is 0 Å². The number of allylic oxidation sites excluding steroid dienone is 8. The first-order chi connectivity index (χ1) is 11.5. The second kappa shape index (κ2) is 13.7. The van der Waals surface area contributed by atoms with E-state index >= 15 is 0 Å². The maximum atomic E-state index is 9.98. The van der Waals surface area contributed by atoms with Crippen molar-refractivity contribution >= 4 is 11.6 Å². The second-order valence-electron chi connectivity index (χ2n) is 6.73. The molecule has 2 aliphatic rings. The Hall–Kier alpha value is -1.48. The van der Waals surface area contributed by atoms with Crippen molar-refractivity contribution in [2.24, 2.45) is 11.8 Å². The van der Waals surface area contributed by atoms with E-state index in [1.807, 2.05) is 0 Å². The Morgan fingerprint density at radius 1 is 0.846 bits per heavy atom. The van der Waals surface area contributed by atoms with E-state index in [2.05, 4.69) is 26.0 Å². The Kier molecular flexibility index (Phi) is 14.1. The summed E-state index contributed by atoms with van der Waals surface area (Å²) >= 11 is 0. The van der Waals surface area contributed by atoms with Gasteiger partial charge >= 0.3 is 19.5 Å². The van der Waals surface area contributed by atoms with Crippen molar-refractivity contribution in [1.82, 2.24) is 0 Å². The third-order valence-electron chi connectivity index (χ3n) is 4.12. The zero-order valence-electron chi connectivity index (χ0n) is 16.6. The number of rotatable bonds is 2. The van der Waals surface area contributed by atoms with Gasteiger partial charge in [-0.15, -0.1) is 11.5 Å². The molecule has 26 heavy (non-hydrogen) atoms. The predicted molar refractivity (Wildman–Crippen MR) is 97.2 cm³/mol. The van der Waals surface area contributed by atoms with Crippen LogP contribution in [0.15, 0.2) is 47.0 Å². The molecule has 2 rings (SSSR count). The molecule has 2 atom stereocenters. The molecule has 0 radical (unpaired) electrons. The van der Waals surface area contributed by atoms with E-state index in [1.54, 1.807) is 11.1 Å². The SMILES string of the molecule is CC(=O)/C=C(/C)[O-].CC(=O)/C=C(/C)[O-].CC1=CC[C@H]2C[C@@H]1CC=C2C.[Ru+2]. The Morgan fingerprint density at radius 2 is 1.15 bits per heavy atom. The first kappa shape index (κ1) is 26.7. The summed E-state index contributed by atoms with van der Waals surface area (Å²) in [7, 11) is 0. The Labute approximate surface area is 170 Å².